The molecule has 0 spiro atoms. The van der Waals surface area contributed by atoms with Gasteiger partial charge in [0, 0.05) is 32.9 Å². The zero-order valence-corrected chi connectivity index (χ0v) is 35.4. The topological polar surface area (TPSA) is 38.9 Å². The highest BCUT2D eigenvalue weighted by Gasteiger charge is 2.39. The minimum absolute atomic E-state index is 0.187. The standard InChI is InChI=1S/C61H40N2O/c1-61(2)58-39-19-7-6-16-37(39)30-31-50(58)49-26-14-25-48(59(49)61)46-33-32-44(40-20-8-9-21-41(40)46)45-34-35-47(43-23-11-10-22-42(43)45)53-36-54(63-60(62-53)38-17-4-3-5-18-38)51-27-15-29-56-57(51)52-24-12-13-28-55(52)64-56/h3-36H,1-2H3. The molecule has 0 saturated carbocycles. The summed E-state index contributed by atoms with van der Waals surface area (Å²) in [5, 5.41) is 9.52. The summed E-state index contributed by atoms with van der Waals surface area (Å²) in [6, 6.07) is 74.2. The molecular formula is C61H40N2O. The average Bonchev–Trinajstić information content (AvgIpc) is 3.85. The van der Waals surface area contributed by atoms with Crippen molar-refractivity contribution in [1.82, 2.24) is 9.97 Å². The molecule has 64 heavy (non-hydrogen) atoms. The maximum atomic E-state index is 6.33. The van der Waals surface area contributed by atoms with Gasteiger partial charge in [0.05, 0.1) is 11.4 Å². The van der Waals surface area contributed by atoms with Crippen LogP contribution in [-0.4, -0.2) is 9.97 Å². The minimum atomic E-state index is -0.187. The van der Waals surface area contributed by atoms with E-state index in [1.807, 2.05) is 36.4 Å². The summed E-state index contributed by atoms with van der Waals surface area (Å²) in [5.74, 6) is 0.680. The largest absolute Gasteiger partial charge is 0.456 e. The summed E-state index contributed by atoms with van der Waals surface area (Å²) in [7, 11) is 0. The van der Waals surface area contributed by atoms with E-state index in [9.17, 15) is 0 Å². The van der Waals surface area contributed by atoms with Crippen molar-refractivity contribution in [3.63, 3.8) is 0 Å². The smallest absolute Gasteiger partial charge is 0.160 e. The third-order valence-electron chi connectivity index (χ3n) is 13.7. The molecule has 0 amide bonds. The Bertz CT molecular complexity index is 3880. The Hall–Kier alpha value is -8.14. The first-order chi connectivity index (χ1) is 31.5. The number of nitrogens with zero attached hydrogens (tertiary/aromatic N) is 2. The second-order valence-corrected chi connectivity index (χ2v) is 17.6. The Morgan fingerprint density at radius 1 is 0.344 bits per heavy atom. The Morgan fingerprint density at radius 2 is 0.812 bits per heavy atom. The number of benzene rings is 10. The van der Waals surface area contributed by atoms with Gasteiger partial charge in [-0.05, 0) is 95.0 Å². The maximum absolute atomic E-state index is 6.33. The quantitative estimate of drug-likeness (QED) is 0.174. The van der Waals surface area contributed by atoms with E-state index in [0.29, 0.717) is 5.82 Å². The van der Waals surface area contributed by atoms with Crippen LogP contribution in [0.2, 0.25) is 0 Å². The lowest BCUT2D eigenvalue weighted by molar-refractivity contribution is 0.668. The molecule has 10 aromatic carbocycles. The molecule has 3 heteroatoms. The fourth-order valence-corrected chi connectivity index (χ4v) is 10.9. The van der Waals surface area contributed by atoms with Gasteiger partial charge >= 0.3 is 0 Å². The molecule has 1 aliphatic rings. The number of para-hydroxylation sites is 1. The van der Waals surface area contributed by atoms with Crippen molar-refractivity contribution in [2.45, 2.75) is 19.3 Å². The predicted molar refractivity (Wildman–Crippen MR) is 267 cm³/mol. The Morgan fingerprint density at radius 3 is 1.52 bits per heavy atom. The van der Waals surface area contributed by atoms with Gasteiger partial charge in [0.15, 0.2) is 5.82 Å². The highest BCUT2D eigenvalue weighted by atomic mass is 16.3. The van der Waals surface area contributed by atoms with Gasteiger partial charge in [0.25, 0.3) is 0 Å². The highest BCUT2D eigenvalue weighted by molar-refractivity contribution is 6.14. The second kappa shape index (κ2) is 13.9. The molecule has 2 aromatic heterocycles. The molecule has 0 unspecified atom stereocenters. The van der Waals surface area contributed by atoms with Crippen LogP contribution < -0.4 is 0 Å². The molecule has 1 aliphatic carbocycles. The Kier molecular flexibility index (Phi) is 7.95. The molecule has 0 radical (unpaired) electrons. The van der Waals surface area contributed by atoms with Crippen molar-refractivity contribution < 1.29 is 4.42 Å². The van der Waals surface area contributed by atoms with Gasteiger partial charge in [-0.2, -0.15) is 0 Å². The van der Waals surface area contributed by atoms with E-state index in [1.54, 1.807) is 0 Å². The van der Waals surface area contributed by atoms with Crippen molar-refractivity contribution in [3.05, 3.63) is 217 Å². The number of hydrogen-bond acceptors (Lipinski definition) is 3. The van der Waals surface area contributed by atoms with Crippen LogP contribution >= 0.6 is 0 Å². The van der Waals surface area contributed by atoms with E-state index in [4.69, 9.17) is 14.4 Å². The molecule has 0 fully saturated rings. The van der Waals surface area contributed by atoms with Crippen molar-refractivity contribution in [3.8, 4) is 67.3 Å². The summed E-state index contributed by atoms with van der Waals surface area (Å²) in [6.07, 6.45) is 0. The van der Waals surface area contributed by atoms with Gasteiger partial charge < -0.3 is 4.42 Å². The van der Waals surface area contributed by atoms with E-state index >= 15 is 0 Å². The van der Waals surface area contributed by atoms with Crippen LogP contribution in [0, 0.1) is 0 Å². The van der Waals surface area contributed by atoms with Crippen LogP contribution in [0.25, 0.3) is 122 Å². The molecule has 13 rings (SSSR count). The van der Waals surface area contributed by atoms with Crippen LogP contribution in [0.5, 0.6) is 0 Å². The van der Waals surface area contributed by atoms with E-state index < -0.39 is 0 Å². The zero-order chi connectivity index (χ0) is 42.5. The Labute approximate surface area is 371 Å². The van der Waals surface area contributed by atoms with E-state index in [-0.39, 0.29) is 5.41 Å². The molecule has 12 aromatic rings. The third-order valence-corrected chi connectivity index (χ3v) is 13.7. The lowest BCUT2D eigenvalue weighted by Crippen LogP contribution is -2.17. The SMILES string of the molecule is CC1(C)c2c(cccc2-c2ccc(-c3ccc(-c4cc(-c5cccc6oc7ccccc7c56)nc(-c5ccccc5)n4)c4ccccc34)c3ccccc23)-c2ccc3ccccc3c21. The molecule has 0 bridgehead atoms. The van der Waals surface area contributed by atoms with Crippen molar-refractivity contribution in [1.29, 1.82) is 0 Å². The summed E-state index contributed by atoms with van der Waals surface area (Å²) in [6.45, 7) is 4.81. The molecule has 0 aliphatic heterocycles. The summed E-state index contributed by atoms with van der Waals surface area (Å²) in [4.78, 5) is 10.6. The monoisotopic (exact) mass is 816 g/mol. The van der Waals surface area contributed by atoms with Gasteiger partial charge in [0.1, 0.15) is 11.2 Å². The lowest BCUT2D eigenvalue weighted by Gasteiger charge is -2.26. The van der Waals surface area contributed by atoms with Gasteiger partial charge in [0.2, 0.25) is 0 Å². The van der Waals surface area contributed by atoms with Gasteiger partial charge in [-0.3, -0.25) is 0 Å². The normalized spacial score (nSPS) is 13.0. The van der Waals surface area contributed by atoms with E-state index in [0.717, 1.165) is 55.4 Å². The third kappa shape index (κ3) is 5.41. The fourth-order valence-electron chi connectivity index (χ4n) is 10.9. The van der Waals surface area contributed by atoms with Crippen molar-refractivity contribution >= 4 is 54.3 Å². The van der Waals surface area contributed by atoms with Crippen LogP contribution in [0.1, 0.15) is 25.0 Å². The minimum Gasteiger partial charge on any atom is -0.456 e. The second-order valence-electron chi connectivity index (χ2n) is 17.6. The van der Waals surface area contributed by atoms with Crippen molar-refractivity contribution in [2.75, 3.05) is 0 Å². The van der Waals surface area contributed by atoms with E-state index in [1.165, 1.54) is 71.4 Å². The number of aromatic nitrogens is 2. The van der Waals surface area contributed by atoms with Gasteiger partial charge in [-0.15, -0.1) is 0 Å². The zero-order valence-electron chi connectivity index (χ0n) is 35.4. The Balaban J connectivity index is 0.983. The first-order valence-corrected chi connectivity index (χ1v) is 22.1. The average molecular weight is 817 g/mol. The molecule has 0 N–H and O–H groups in total. The molecular weight excluding hydrogens is 777 g/mol. The molecule has 2 heterocycles. The highest BCUT2D eigenvalue weighted by Crippen LogP contribution is 2.55. The maximum Gasteiger partial charge on any atom is 0.160 e. The first-order valence-electron chi connectivity index (χ1n) is 22.1. The van der Waals surface area contributed by atoms with Crippen molar-refractivity contribution in [2.24, 2.45) is 0 Å². The first kappa shape index (κ1) is 36.5. The number of furan rings is 1. The summed E-state index contributed by atoms with van der Waals surface area (Å²) < 4.78 is 6.33. The molecule has 0 atom stereocenters. The number of fused-ring (bicyclic) bond motifs is 10. The number of hydrogen-bond donors (Lipinski definition) is 0. The van der Waals surface area contributed by atoms with Crippen LogP contribution in [0.4, 0.5) is 0 Å². The van der Waals surface area contributed by atoms with Gasteiger partial charge in [-0.25, -0.2) is 9.97 Å². The predicted octanol–water partition coefficient (Wildman–Crippen LogP) is 16.5. The summed E-state index contributed by atoms with van der Waals surface area (Å²) >= 11 is 0. The van der Waals surface area contributed by atoms with Crippen LogP contribution in [0.15, 0.2) is 211 Å². The lowest BCUT2D eigenvalue weighted by atomic mass is 9.76. The van der Waals surface area contributed by atoms with Crippen LogP contribution in [0.3, 0.4) is 0 Å². The number of rotatable bonds is 5. The van der Waals surface area contributed by atoms with Crippen LogP contribution in [-0.2, 0) is 5.41 Å². The van der Waals surface area contributed by atoms with Gasteiger partial charge in [-0.1, -0.05) is 202 Å². The molecule has 300 valence electrons. The fraction of sp³-hybridized carbons (Fsp3) is 0.0492. The molecule has 0 saturated heterocycles. The molecule has 3 nitrogen and oxygen atoms in total. The summed E-state index contributed by atoms with van der Waals surface area (Å²) in [5.41, 5.74) is 16.7. The van der Waals surface area contributed by atoms with E-state index in [2.05, 4.69) is 184 Å².